The van der Waals surface area contributed by atoms with Gasteiger partial charge in [0.1, 0.15) is 11.6 Å². The molecule has 0 radical (unpaired) electrons. The molecule has 1 fully saturated rings. The van der Waals surface area contributed by atoms with Crippen LogP contribution in [-0.2, 0) is 0 Å². The molecule has 0 bridgehead atoms. The van der Waals surface area contributed by atoms with Gasteiger partial charge in [0.15, 0.2) is 0 Å². The smallest absolute Gasteiger partial charge is 0.123 e. The molecule has 4 rings (SSSR count). The van der Waals surface area contributed by atoms with Gasteiger partial charge >= 0.3 is 0 Å². The first-order valence-corrected chi connectivity index (χ1v) is 9.24. The number of hydrogen-bond donors (Lipinski definition) is 0. The van der Waals surface area contributed by atoms with E-state index >= 15 is 0 Å². The second-order valence-electron chi connectivity index (χ2n) is 7.29. The van der Waals surface area contributed by atoms with Crippen molar-refractivity contribution in [1.82, 2.24) is 4.90 Å². The average molecular weight is 349 g/mol. The van der Waals surface area contributed by atoms with Crippen LogP contribution in [0.4, 0.5) is 4.39 Å². The molecule has 0 aliphatic carbocycles. The van der Waals surface area contributed by atoms with E-state index in [1.165, 1.54) is 16.3 Å². The summed E-state index contributed by atoms with van der Waals surface area (Å²) in [6.07, 6.45) is 1.08. The van der Waals surface area contributed by atoms with Crippen molar-refractivity contribution >= 4 is 10.8 Å². The standard InChI is InChI=1S/C23H24FNO/c1-25-13-12-23(18-6-9-21(24)10-7-18)20(15-25)16-26-22-11-8-17-4-2-3-5-19(17)14-22/h2-11,14,20,23H,12-13,15-16H2,1H3. The van der Waals surface area contributed by atoms with E-state index in [2.05, 4.69) is 36.2 Å². The molecule has 2 nitrogen and oxygen atoms in total. The summed E-state index contributed by atoms with van der Waals surface area (Å²) in [5.41, 5.74) is 1.21. The third-order valence-corrected chi connectivity index (χ3v) is 5.42. The van der Waals surface area contributed by atoms with Gasteiger partial charge in [0.25, 0.3) is 0 Å². The van der Waals surface area contributed by atoms with E-state index in [4.69, 9.17) is 4.74 Å². The highest BCUT2D eigenvalue weighted by Gasteiger charge is 2.29. The molecule has 1 aliphatic rings. The van der Waals surface area contributed by atoms with Crippen LogP contribution < -0.4 is 4.74 Å². The normalized spacial score (nSPS) is 21.0. The number of fused-ring (bicyclic) bond motifs is 1. The van der Waals surface area contributed by atoms with Crippen LogP contribution >= 0.6 is 0 Å². The van der Waals surface area contributed by atoms with Crippen molar-refractivity contribution in [1.29, 1.82) is 0 Å². The van der Waals surface area contributed by atoms with E-state index in [1.54, 1.807) is 12.1 Å². The minimum atomic E-state index is -0.175. The summed E-state index contributed by atoms with van der Waals surface area (Å²) >= 11 is 0. The molecule has 0 aromatic heterocycles. The van der Waals surface area contributed by atoms with Crippen LogP contribution in [0, 0.1) is 11.7 Å². The van der Waals surface area contributed by atoms with Gasteiger partial charge < -0.3 is 9.64 Å². The maximum absolute atomic E-state index is 13.3. The van der Waals surface area contributed by atoms with Crippen LogP contribution in [0.15, 0.2) is 66.7 Å². The van der Waals surface area contributed by atoms with Crippen LogP contribution in [0.2, 0.25) is 0 Å². The van der Waals surface area contributed by atoms with Gasteiger partial charge in [0.05, 0.1) is 6.61 Å². The number of piperidine rings is 1. The van der Waals surface area contributed by atoms with Crippen LogP contribution in [-0.4, -0.2) is 31.6 Å². The van der Waals surface area contributed by atoms with E-state index in [0.717, 1.165) is 25.3 Å². The first-order valence-electron chi connectivity index (χ1n) is 9.24. The van der Waals surface area contributed by atoms with E-state index in [-0.39, 0.29) is 5.82 Å². The zero-order chi connectivity index (χ0) is 17.9. The lowest BCUT2D eigenvalue weighted by Gasteiger charge is -2.37. The fourth-order valence-electron chi connectivity index (χ4n) is 3.99. The summed E-state index contributed by atoms with van der Waals surface area (Å²) in [5, 5.41) is 2.42. The number of hydrogen-bond acceptors (Lipinski definition) is 2. The highest BCUT2D eigenvalue weighted by molar-refractivity contribution is 5.83. The number of halogens is 1. The predicted molar refractivity (Wildman–Crippen MR) is 104 cm³/mol. The Morgan fingerprint density at radius 3 is 2.58 bits per heavy atom. The minimum Gasteiger partial charge on any atom is -0.493 e. The van der Waals surface area contributed by atoms with E-state index < -0.39 is 0 Å². The third-order valence-electron chi connectivity index (χ3n) is 5.42. The van der Waals surface area contributed by atoms with E-state index in [1.807, 2.05) is 30.3 Å². The predicted octanol–water partition coefficient (Wildman–Crippen LogP) is 5.09. The SMILES string of the molecule is CN1CCC(c2ccc(F)cc2)C(COc2ccc3ccccc3c2)C1. The van der Waals surface area contributed by atoms with Gasteiger partial charge in [-0.1, -0.05) is 42.5 Å². The Labute approximate surface area is 154 Å². The quantitative estimate of drug-likeness (QED) is 0.650. The molecule has 3 aromatic carbocycles. The van der Waals surface area contributed by atoms with E-state index in [0.29, 0.717) is 18.4 Å². The maximum atomic E-state index is 13.3. The molecule has 0 spiro atoms. The van der Waals surface area contributed by atoms with Crippen molar-refractivity contribution in [3.63, 3.8) is 0 Å². The maximum Gasteiger partial charge on any atom is 0.123 e. The van der Waals surface area contributed by atoms with Gasteiger partial charge in [-0.15, -0.1) is 0 Å². The topological polar surface area (TPSA) is 12.5 Å². The van der Waals surface area contributed by atoms with Crippen LogP contribution in [0.3, 0.4) is 0 Å². The molecule has 3 aromatic rings. The summed E-state index contributed by atoms with van der Waals surface area (Å²) in [4.78, 5) is 2.36. The molecular formula is C23H24FNO. The Morgan fingerprint density at radius 1 is 1.00 bits per heavy atom. The highest BCUT2D eigenvalue weighted by Crippen LogP contribution is 2.33. The summed E-state index contributed by atoms with van der Waals surface area (Å²) in [7, 11) is 2.16. The molecular weight excluding hydrogens is 325 g/mol. The van der Waals surface area contributed by atoms with Crippen LogP contribution in [0.5, 0.6) is 5.75 Å². The lowest BCUT2D eigenvalue weighted by Crippen LogP contribution is -2.39. The Morgan fingerprint density at radius 2 is 1.77 bits per heavy atom. The first kappa shape index (κ1) is 17.0. The molecule has 0 N–H and O–H groups in total. The average Bonchev–Trinajstić information content (AvgIpc) is 2.67. The minimum absolute atomic E-state index is 0.175. The van der Waals surface area contributed by atoms with Gasteiger partial charge in [-0.05, 0) is 66.5 Å². The lowest BCUT2D eigenvalue weighted by atomic mass is 9.81. The Kier molecular flexibility index (Phi) is 4.89. The Balaban J connectivity index is 1.50. The first-order chi connectivity index (χ1) is 12.7. The summed E-state index contributed by atoms with van der Waals surface area (Å²) in [6, 6.07) is 21.6. The summed E-state index contributed by atoms with van der Waals surface area (Å²) in [5.74, 6) is 1.54. The molecule has 2 unspecified atom stereocenters. The number of ether oxygens (including phenoxy) is 1. The molecule has 26 heavy (non-hydrogen) atoms. The molecule has 1 saturated heterocycles. The van der Waals surface area contributed by atoms with Gasteiger partial charge in [0.2, 0.25) is 0 Å². The summed E-state index contributed by atoms with van der Waals surface area (Å²) < 4.78 is 19.5. The van der Waals surface area contributed by atoms with Crippen molar-refractivity contribution in [2.75, 3.05) is 26.7 Å². The van der Waals surface area contributed by atoms with Crippen molar-refractivity contribution in [2.24, 2.45) is 5.92 Å². The number of nitrogens with zero attached hydrogens (tertiary/aromatic N) is 1. The lowest BCUT2D eigenvalue weighted by molar-refractivity contribution is 0.129. The van der Waals surface area contributed by atoms with Crippen molar-refractivity contribution < 1.29 is 9.13 Å². The zero-order valence-electron chi connectivity index (χ0n) is 15.1. The molecule has 0 saturated carbocycles. The Hall–Kier alpha value is -2.39. The number of likely N-dealkylation sites (tertiary alicyclic amines) is 1. The molecule has 0 amide bonds. The van der Waals surface area contributed by atoms with Gasteiger partial charge in [-0.25, -0.2) is 4.39 Å². The molecule has 1 heterocycles. The fraction of sp³-hybridized carbons (Fsp3) is 0.304. The summed E-state index contributed by atoms with van der Waals surface area (Å²) in [6.45, 7) is 2.73. The molecule has 134 valence electrons. The largest absolute Gasteiger partial charge is 0.493 e. The van der Waals surface area contributed by atoms with Crippen molar-refractivity contribution in [2.45, 2.75) is 12.3 Å². The third kappa shape index (κ3) is 3.73. The molecule has 1 aliphatic heterocycles. The van der Waals surface area contributed by atoms with Crippen LogP contribution in [0.1, 0.15) is 17.9 Å². The van der Waals surface area contributed by atoms with Crippen LogP contribution in [0.25, 0.3) is 10.8 Å². The van der Waals surface area contributed by atoms with Gasteiger partial charge in [-0.2, -0.15) is 0 Å². The second-order valence-corrected chi connectivity index (χ2v) is 7.29. The fourth-order valence-corrected chi connectivity index (χ4v) is 3.99. The molecule has 2 atom stereocenters. The zero-order valence-corrected chi connectivity index (χ0v) is 15.1. The monoisotopic (exact) mass is 349 g/mol. The molecule has 3 heteroatoms. The van der Waals surface area contributed by atoms with E-state index in [9.17, 15) is 4.39 Å². The van der Waals surface area contributed by atoms with Gasteiger partial charge in [-0.3, -0.25) is 0 Å². The van der Waals surface area contributed by atoms with Gasteiger partial charge in [0, 0.05) is 12.5 Å². The van der Waals surface area contributed by atoms with Crippen molar-refractivity contribution in [3.05, 3.63) is 78.1 Å². The second kappa shape index (κ2) is 7.46. The Bertz CT molecular complexity index is 877. The number of benzene rings is 3. The number of rotatable bonds is 4. The highest BCUT2D eigenvalue weighted by atomic mass is 19.1. The van der Waals surface area contributed by atoms with Crippen molar-refractivity contribution in [3.8, 4) is 5.75 Å².